The van der Waals surface area contributed by atoms with E-state index in [2.05, 4.69) is 69.2 Å². The molecule has 0 fully saturated rings. The van der Waals surface area contributed by atoms with Crippen molar-refractivity contribution in [1.82, 2.24) is 10.2 Å². The highest BCUT2D eigenvalue weighted by Gasteiger charge is 2.14. The lowest BCUT2D eigenvalue weighted by Crippen LogP contribution is -2.29. The fourth-order valence-corrected chi connectivity index (χ4v) is 2.64. The van der Waals surface area contributed by atoms with E-state index in [1.54, 1.807) is 0 Å². The first-order valence-corrected chi connectivity index (χ1v) is 7.88. The molecule has 1 aromatic carbocycles. The Labute approximate surface area is 125 Å². The highest BCUT2D eigenvalue weighted by atomic mass is 15.1. The van der Waals surface area contributed by atoms with E-state index in [1.165, 1.54) is 17.5 Å². The van der Waals surface area contributed by atoms with Gasteiger partial charge >= 0.3 is 0 Å². The molecule has 0 saturated carbocycles. The zero-order valence-corrected chi connectivity index (χ0v) is 14.0. The van der Waals surface area contributed by atoms with E-state index < -0.39 is 0 Å². The van der Waals surface area contributed by atoms with Gasteiger partial charge < -0.3 is 10.2 Å². The first kappa shape index (κ1) is 17.2. The average molecular weight is 276 g/mol. The van der Waals surface area contributed by atoms with Gasteiger partial charge in [0.05, 0.1) is 0 Å². The molecule has 2 heteroatoms. The summed E-state index contributed by atoms with van der Waals surface area (Å²) in [7, 11) is 2.22. The minimum Gasteiger partial charge on any atom is -0.316 e. The number of benzene rings is 1. The molecule has 0 unspecified atom stereocenters. The van der Waals surface area contributed by atoms with Crippen LogP contribution in [0, 0.1) is 5.41 Å². The molecule has 0 heterocycles. The maximum absolute atomic E-state index is 3.49. The van der Waals surface area contributed by atoms with Gasteiger partial charge in [0.15, 0.2) is 0 Å². The molecule has 0 aliphatic carbocycles. The van der Waals surface area contributed by atoms with Gasteiger partial charge in [0.25, 0.3) is 0 Å². The highest BCUT2D eigenvalue weighted by Crippen LogP contribution is 2.17. The van der Waals surface area contributed by atoms with E-state index in [0.29, 0.717) is 5.41 Å². The molecule has 0 amide bonds. The van der Waals surface area contributed by atoms with Crippen molar-refractivity contribution in [2.24, 2.45) is 5.41 Å². The molecule has 1 rings (SSSR count). The van der Waals surface area contributed by atoms with Crippen molar-refractivity contribution < 1.29 is 0 Å². The lowest BCUT2D eigenvalue weighted by Gasteiger charge is -2.27. The Kier molecular flexibility index (Phi) is 7.25. The number of rotatable bonds is 8. The number of hydrogen-bond acceptors (Lipinski definition) is 2. The average Bonchev–Trinajstić information content (AvgIpc) is 2.34. The van der Waals surface area contributed by atoms with Crippen LogP contribution in [0.25, 0.3) is 0 Å². The Morgan fingerprint density at radius 2 is 1.70 bits per heavy atom. The van der Waals surface area contributed by atoms with Crippen LogP contribution < -0.4 is 5.32 Å². The summed E-state index contributed by atoms with van der Waals surface area (Å²) >= 11 is 0. The molecule has 0 radical (unpaired) electrons. The van der Waals surface area contributed by atoms with Crippen LogP contribution in [0.4, 0.5) is 0 Å². The number of hydrogen-bond donors (Lipinski definition) is 1. The molecule has 0 saturated heterocycles. The van der Waals surface area contributed by atoms with E-state index in [0.717, 1.165) is 32.6 Å². The summed E-state index contributed by atoms with van der Waals surface area (Å²) in [6.07, 6.45) is 2.33. The Balaban J connectivity index is 2.56. The Hall–Kier alpha value is -0.860. The number of nitrogens with zero attached hydrogens (tertiary/aromatic N) is 1. The molecule has 114 valence electrons. The molecule has 1 N–H and O–H groups in total. The molecule has 0 aliphatic rings. The first-order valence-electron chi connectivity index (χ1n) is 7.88. The van der Waals surface area contributed by atoms with E-state index in [-0.39, 0.29) is 0 Å². The van der Waals surface area contributed by atoms with Crippen LogP contribution in [0.3, 0.4) is 0 Å². The van der Waals surface area contributed by atoms with Crippen molar-refractivity contribution in [3.63, 3.8) is 0 Å². The van der Waals surface area contributed by atoms with Gasteiger partial charge in [-0.1, -0.05) is 52.0 Å². The van der Waals surface area contributed by atoms with Crippen molar-refractivity contribution in [2.75, 3.05) is 26.7 Å². The predicted molar refractivity (Wildman–Crippen MR) is 89.1 cm³/mol. The van der Waals surface area contributed by atoms with Gasteiger partial charge in [0.1, 0.15) is 0 Å². The molecule has 1 aromatic rings. The third-order valence-electron chi connectivity index (χ3n) is 3.30. The maximum atomic E-state index is 3.49. The summed E-state index contributed by atoms with van der Waals surface area (Å²) in [6, 6.07) is 8.86. The van der Waals surface area contributed by atoms with Crippen LogP contribution in [0.2, 0.25) is 0 Å². The van der Waals surface area contributed by atoms with Crippen molar-refractivity contribution in [3.05, 3.63) is 35.4 Å². The van der Waals surface area contributed by atoms with E-state index in [4.69, 9.17) is 0 Å². The van der Waals surface area contributed by atoms with Crippen LogP contribution >= 0.6 is 0 Å². The zero-order chi connectivity index (χ0) is 15.0. The summed E-state index contributed by atoms with van der Waals surface area (Å²) in [5.41, 5.74) is 3.31. The molecule has 0 aromatic heterocycles. The molecule has 0 spiro atoms. The maximum Gasteiger partial charge on any atom is 0.0233 e. The second-order valence-corrected chi connectivity index (χ2v) is 7.00. The summed E-state index contributed by atoms with van der Waals surface area (Å²) in [5, 5.41) is 3.49. The lowest BCUT2D eigenvalue weighted by atomic mass is 9.95. The van der Waals surface area contributed by atoms with Gasteiger partial charge in [-0.15, -0.1) is 0 Å². The predicted octanol–water partition coefficient (Wildman–Crippen LogP) is 3.71. The highest BCUT2D eigenvalue weighted by molar-refractivity contribution is 5.27. The normalized spacial score (nSPS) is 12.1. The largest absolute Gasteiger partial charge is 0.316 e. The summed E-state index contributed by atoms with van der Waals surface area (Å²) in [4.78, 5) is 2.43. The lowest BCUT2D eigenvalue weighted by molar-refractivity contribution is 0.220. The molecular weight excluding hydrogens is 244 g/mol. The standard InChI is InChI=1S/C18H32N2/c1-6-12-19-13-11-16-9-7-8-10-17(16)14-20(5)15-18(2,3)4/h7-10,19H,6,11-15H2,1-5H3. The van der Waals surface area contributed by atoms with E-state index in [9.17, 15) is 0 Å². The van der Waals surface area contributed by atoms with Gasteiger partial charge in [-0.2, -0.15) is 0 Å². The second-order valence-electron chi connectivity index (χ2n) is 7.00. The molecule has 0 aliphatic heterocycles. The first-order chi connectivity index (χ1) is 9.42. The molecule has 20 heavy (non-hydrogen) atoms. The van der Waals surface area contributed by atoms with E-state index in [1.807, 2.05) is 0 Å². The third kappa shape index (κ3) is 7.06. The van der Waals surface area contributed by atoms with Crippen molar-refractivity contribution in [2.45, 2.75) is 47.1 Å². The van der Waals surface area contributed by atoms with Gasteiger partial charge in [0.2, 0.25) is 0 Å². The quantitative estimate of drug-likeness (QED) is 0.728. The SMILES string of the molecule is CCCNCCc1ccccc1CN(C)CC(C)(C)C. The summed E-state index contributed by atoms with van der Waals surface area (Å²) < 4.78 is 0. The minimum absolute atomic E-state index is 0.354. The van der Waals surface area contributed by atoms with Crippen molar-refractivity contribution in [1.29, 1.82) is 0 Å². The van der Waals surface area contributed by atoms with Crippen molar-refractivity contribution >= 4 is 0 Å². The van der Waals surface area contributed by atoms with Gasteiger partial charge in [0, 0.05) is 13.1 Å². The van der Waals surface area contributed by atoms with Crippen LogP contribution in [0.15, 0.2) is 24.3 Å². The molecule has 0 bridgehead atoms. The van der Waals surface area contributed by atoms with Crippen LogP contribution in [-0.2, 0) is 13.0 Å². The smallest absolute Gasteiger partial charge is 0.0233 e. The van der Waals surface area contributed by atoms with E-state index >= 15 is 0 Å². The van der Waals surface area contributed by atoms with Gasteiger partial charge in [-0.05, 0) is 49.5 Å². The Morgan fingerprint density at radius 1 is 1.05 bits per heavy atom. The van der Waals surface area contributed by atoms with Crippen LogP contribution in [0.5, 0.6) is 0 Å². The van der Waals surface area contributed by atoms with Crippen LogP contribution in [-0.4, -0.2) is 31.6 Å². The fraction of sp³-hybridized carbons (Fsp3) is 0.667. The van der Waals surface area contributed by atoms with Crippen LogP contribution in [0.1, 0.15) is 45.2 Å². The third-order valence-corrected chi connectivity index (χ3v) is 3.30. The topological polar surface area (TPSA) is 15.3 Å². The Morgan fingerprint density at radius 3 is 2.30 bits per heavy atom. The minimum atomic E-state index is 0.354. The fourth-order valence-electron chi connectivity index (χ4n) is 2.64. The van der Waals surface area contributed by atoms with Gasteiger partial charge in [-0.3, -0.25) is 0 Å². The van der Waals surface area contributed by atoms with Gasteiger partial charge in [-0.25, -0.2) is 0 Å². The molecular formula is C18H32N2. The summed E-state index contributed by atoms with van der Waals surface area (Å²) in [5.74, 6) is 0. The second kappa shape index (κ2) is 8.43. The molecule has 2 nitrogen and oxygen atoms in total. The Bertz CT molecular complexity index is 379. The number of nitrogens with one attached hydrogen (secondary N) is 1. The molecule has 0 atom stereocenters. The zero-order valence-electron chi connectivity index (χ0n) is 14.0. The monoisotopic (exact) mass is 276 g/mol. The summed E-state index contributed by atoms with van der Waals surface area (Å²) in [6.45, 7) is 13.5. The van der Waals surface area contributed by atoms with Crippen molar-refractivity contribution in [3.8, 4) is 0 Å².